The maximum absolute atomic E-state index is 12.0. The van der Waals surface area contributed by atoms with E-state index in [0.717, 1.165) is 5.56 Å². The van der Waals surface area contributed by atoms with Crippen LogP contribution in [-0.2, 0) is 6.54 Å². The van der Waals surface area contributed by atoms with E-state index in [1.807, 2.05) is 19.9 Å². The fourth-order valence-corrected chi connectivity index (χ4v) is 1.81. The molecule has 0 saturated heterocycles. The molecular formula is C15H19N3O4. The number of carbonyl (C=O) groups is 1. The van der Waals surface area contributed by atoms with E-state index in [0.29, 0.717) is 23.9 Å². The standard InChI is InChI=1S/C15H19N3O4/c1-9(2)14-17-18-15(22-14)13(19)16-8-10-5-6-11(20-3)12(7-10)21-4/h5-7,9H,8H2,1-4H3,(H,16,19). The van der Waals surface area contributed by atoms with Crippen molar-refractivity contribution in [1.82, 2.24) is 15.5 Å². The fourth-order valence-electron chi connectivity index (χ4n) is 1.81. The van der Waals surface area contributed by atoms with Gasteiger partial charge >= 0.3 is 11.8 Å². The topological polar surface area (TPSA) is 86.5 Å². The molecule has 0 fully saturated rings. The van der Waals surface area contributed by atoms with Crippen LogP contribution < -0.4 is 14.8 Å². The minimum Gasteiger partial charge on any atom is -0.493 e. The number of aromatic nitrogens is 2. The van der Waals surface area contributed by atoms with Crippen molar-refractivity contribution in [2.24, 2.45) is 0 Å². The lowest BCUT2D eigenvalue weighted by Crippen LogP contribution is -2.23. The smallest absolute Gasteiger partial charge is 0.309 e. The molecule has 0 unspecified atom stereocenters. The quantitative estimate of drug-likeness (QED) is 0.880. The second-order valence-electron chi connectivity index (χ2n) is 4.97. The Hall–Kier alpha value is -2.57. The molecule has 1 N–H and O–H groups in total. The van der Waals surface area contributed by atoms with Gasteiger partial charge in [-0.1, -0.05) is 19.9 Å². The van der Waals surface area contributed by atoms with Crippen LogP contribution in [0.15, 0.2) is 22.6 Å². The van der Waals surface area contributed by atoms with Crippen LogP contribution in [0, 0.1) is 0 Å². The summed E-state index contributed by atoms with van der Waals surface area (Å²) in [6.07, 6.45) is 0. The van der Waals surface area contributed by atoms with Gasteiger partial charge in [-0.2, -0.15) is 0 Å². The molecular weight excluding hydrogens is 286 g/mol. The predicted molar refractivity (Wildman–Crippen MR) is 79.1 cm³/mol. The SMILES string of the molecule is COc1ccc(CNC(=O)c2nnc(C(C)C)o2)cc1OC. The van der Waals surface area contributed by atoms with Crippen LogP contribution in [0.4, 0.5) is 0 Å². The molecule has 0 aliphatic carbocycles. The lowest BCUT2D eigenvalue weighted by molar-refractivity contribution is 0.0914. The number of nitrogens with one attached hydrogen (secondary N) is 1. The summed E-state index contributed by atoms with van der Waals surface area (Å²) in [7, 11) is 3.13. The molecule has 2 rings (SSSR count). The van der Waals surface area contributed by atoms with Crippen LogP contribution in [0.5, 0.6) is 11.5 Å². The van der Waals surface area contributed by atoms with Gasteiger partial charge in [0.25, 0.3) is 0 Å². The molecule has 7 nitrogen and oxygen atoms in total. The van der Waals surface area contributed by atoms with Gasteiger partial charge in [0.1, 0.15) is 0 Å². The number of rotatable bonds is 6. The summed E-state index contributed by atoms with van der Waals surface area (Å²) in [6.45, 7) is 4.15. The van der Waals surface area contributed by atoms with Crippen molar-refractivity contribution < 1.29 is 18.7 Å². The molecule has 1 aromatic carbocycles. The van der Waals surface area contributed by atoms with Gasteiger partial charge in [-0.3, -0.25) is 4.79 Å². The molecule has 2 aromatic rings. The highest BCUT2D eigenvalue weighted by molar-refractivity contribution is 5.89. The van der Waals surface area contributed by atoms with Crippen LogP contribution in [-0.4, -0.2) is 30.3 Å². The van der Waals surface area contributed by atoms with Crippen molar-refractivity contribution >= 4 is 5.91 Å². The molecule has 1 heterocycles. The van der Waals surface area contributed by atoms with Gasteiger partial charge in [-0.15, -0.1) is 10.2 Å². The van der Waals surface area contributed by atoms with Crippen molar-refractivity contribution in [3.05, 3.63) is 35.5 Å². The molecule has 0 atom stereocenters. The predicted octanol–water partition coefficient (Wildman–Crippen LogP) is 2.14. The van der Waals surface area contributed by atoms with Gasteiger partial charge in [-0.25, -0.2) is 0 Å². The average molecular weight is 305 g/mol. The average Bonchev–Trinajstić information content (AvgIpc) is 3.02. The molecule has 0 aliphatic heterocycles. The molecule has 22 heavy (non-hydrogen) atoms. The fraction of sp³-hybridized carbons (Fsp3) is 0.400. The highest BCUT2D eigenvalue weighted by atomic mass is 16.5. The zero-order chi connectivity index (χ0) is 16.1. The molecule has 1 amide bonds. The van der Waals surface area contributed by atoms with Crippen molar-refractivity contribution in [1.29, 1.82) is 0 Å². The van der Waals surface area contributed by atoms with Crippen LogP contribution in [0.2, 0.25) is 0 Å². The first-order chi connectivity index (χ1) is 10.5. The van der Waals surface area contributed by atoms with Gasteiger partial charge in [0, 0.05) is 12.5 Å². The van der Waals surface area contributed by atoms with Crippen LogP contribution in [0.25, 0.3) is 0 Å². The van der Waals surface area contributed by atoms with Crippen LogP contribution in [0.3, 0.4) is 0 Å². The highest BCUT2D eigenvalue weighted by Crippen LogP contribution is 2.27. The van der Waals surface area contributed by atoms with Gasteiger partial charge in [0.2, 0.25) is 5.89 Å². The Bertz CT molecular complexity index is 652. The van der Waals surface area contributed by atoms with E-state index in [4.69, 9.17) is 13.9 Å². The molecule has 0 aliphatic rings. The Morgan fingerprint density at radius 3 is 2.55 bits per heavy atom. The lowest BCUT2D eigenvalue weighted by Gasteiger charge is -2.09. The summed E-state index contributed by atoms with van der Waals surface area (Å²) in [6, 6.07) is 5.42. The summed E-state index contributed by atoms with van der Waals surface area (Å²) in [5.74, 6) is 1.32. The molecule has 7 heteroatoms. The van der Waals surface area contributed by atoms with Crippen LogP contribution in [0.1, 0.15) is 41.9 Å². The van der Waals surface area contributed by atoms with E-state index in [1.54, 1.807) is 26.4 Å². The summed E-state index contributed by atoms with van der Waals surface area (Å²) in [5.41, 5.74) is 0.870. The minimum absolute atomic E-state index is 0.0378. The first-order valence-electron chi connectivity index (χ1n) is 6.87. The highest BCUT2D eigenvalue weighted by Gasteiger charge is 2.16. The van der Waals surface area contributed by atoms with Crippen LogP contribution >= 0.6 is 0 Å². The number of hydrogen-bond donors (Lipinski definition) is 1. The third kappa shape index (κ3) is 3.55. The Kier molecular flexibility index (Phi) is 4.98. The molecule has 118 valence electrons. The Morgan fingerprint density at radius 2 is 1.95 bits per heavy atom. The molecule has 0 spiro atoms. The normalized spacial score (nSPS) is 10.6. The summed E-state index contributed by atoms with van der Waals surface area (Å²) >= 11 is 0. The number of ether oxygens (including phenoxy) is 2. The Labute approximate surface area is 128 Å². The third-order valence-electron chi connectivity index (χ3n) is 3.03. The van der Waals surface area contributed by atoms with Crippen molar-refractivity contribution in [2.75, 3.05) is 14.2 Å². The molecule has 1 aromatic heterocycles. The van der Waals surface area contributed by atoms with Gasteiger partial charge in [-0.05, 0) is 17.7 Å². The zero-order valence-corrected chi connectivity index (χ0v) is 13.0. The maximum atomic E-state index is 12.0. The van der Waals surface area contributed by atoms with Gasteiger partial charge in [0.15, 0.2) is 11.5 Å². The number of amides is 1. The second-order valence-corrected chi connectivity index (χ2v) is 4.97. The monoisotopic (exact) mass is 305 g/mol. The van der Waals surface area contributed by atoms with Crippen molar-refractivity contribution in [2.45, 2.75) is 26.3 Å². The third-order valence-corrected chi connectivity index (χ3v) is 3.03. The lowest BCUT2D eigenvalue weighted by atomic mass is 10.2. The Morgan fingerprint density at radius 1 is 1.23 bits per heavy atom. The van der Waals surface area contributed by atoms with E-state index in [9.17, 15) is 4.79 Å². The van der Waals surface area contributed by atoms with Crippen molar-refractivity contribution in [3.8, 4) is 11.5 Å². The molecule has 0 bridgehead atoms. The first kappa shape index (κ1) is 15.8. The Balaban J connectivity index is 2.01. The van der Waals surface area contributed by atoms with Crippen molar-refractivity contribution in [3.63, 3.8) is 0 Å². The minimum atomic E-state index is -0.408. The number of nitrogens with zero attached hydrogens (tertiary/aromatic N) is 2. The van der Waals surface area contributed by atoms with E-state index in [2.05, 4.69) is 15.5 Å². The van der Waals surface area contributed by atoms with Gasteiger partial charge in [0.05, 0.1) is 14.2 Å². The first-order valence-corrected chi connectivity index (χ1v) is 6.87. The number of carbonyl (C=O) groups excluding carboxylic acids is 1. The van der Waals surface area contributed by atoms with E-state index in [-0.39, 0.29) is 11.8 Å². The largest absolute Gasteiger partial charge is 0.493 e. The van der Waals surface area contributed by atoms with E-state index < -0.39 is 5.91 Å². The number of hydrogen-bond acceptors (Lipinski definition) is 6. The number of methoxy groups -OCH3 is 2. The summed E-state index contributed by atoms with van der Waals surface area (Å²) < 4.78 is 15.7. The second kappa shape index (κ2) is 6.93. The molecule has 0 saturated carbocycles. The molecule has 0 radical (unpaired) electrons. The summed E-state index contributed by atoms with van der Waals surface area (Å²) in [4.78, 5) is 12.0. The number of benzene rings is 1. The van der Waals surface area contributed by atoms with Gasteiger partial charge < -0.3 is 19.2 Å². The van der Waals surface area contributed by atoms with E-state index >= 15 is 0 Å². The van der Waals surface area contributed by atoms with E-state index in [1.165, 1.54) is 0 Å². The maximum Gasteiger partial charge on any atom is 0.309 e. The zero-order valence-electron chi connectivity index (χ0n) is 13.0. The summed E-state index contributed by atoms with van der Waals surface area (Å²) in [5, 5.41) is 10.3.